The van der Waals surface area contributed by atoms with Gasteiger partial charge in [-0.25, -0.2) is 13.9 Å². The summed E-state index contributed by atoms with van der Waals surface area (Å²) < 4.78 is 40.7. The lowest BCUT2D eigenvalue weighted by molar-refractivity contribution is -0.135. The van der Waals surface area contributed by atoms with Crippen molar-refractivity contribution in [2.45, 2.75) is 62.6 Å². The number of hydroxylamine groups is 1. The molecule has 0 saturated heterocycles. The summed E-state index contributed by atoms with van der Waals surface area (Å²) in [7, 11) is -2.64. The first-order chi connectivity index (χ1) is 18.9. The van der Waals surface area contributed by atoms with Gasteiger partial charge in [0.1, 0.15) is 17.5 Å². The second kappa shape index (κ2) is 14.5. The van der Waals surface area contributed by atoms with Crippen LogP contribution in [-0.4, -0.2) is 48.1 Å². The molecule has 2 N–H and O–H groups in total. The molecule has 40 heavy (non-hydrogen) atoms. The molecule has 0 bridgehead atoms. The van der Waals surface area contributed by atoms with Crippen LogP contribution >= 0.6 is 12.4 Å². The van der Waals surface area contributed by atoms with E-state index in [9.17, 15) is 18.4 Å². The van der Waals surface area contributed by atoms with Gasteiger partial charge in [0.05, 0.1) is 18.1 Å². The lowest BCUT2D eigenvalue weighted by Crippen LogP contribution is -2.53. The minimum Gasteiger partial charge on any atom is -0.497 e. The summed E-state index contributed by atoms with van der Waals surface area (Å²) >= 11 is 0. The Hall–Kier alpha value is -3.18. The van der Waals surface area contributed by atoms with E-state index in [-0.39, 0.29) is 35.9 Å². The van der Waals surface area contributed by atoms with Gasteiger partial charge >= 0.3 is 0 Å². The minimum absolute atomic E-state index is 0. The van der Waals surface area contributed by atoms with Crippen molar-refractivity contribution in [2.24, 2.45) is 5.92 Å². The average Bonchev–Trinajstić information content (AvgIpc) is 2.98. The maximum absolute atomic E-state index is 14.0. The van der Waals surface area contributed by atoms with Gasteiger partial charge in [0.15, 0.2) is 0 Å². The maximum Gasteiger partial charge on any atom is 0.262 e. The number of hydrogen-bond donors (Lipinski definition) is 2. The molecule has 1 heterocycles. The van der Waals surface area contributed by atoms with Crippen molar-refractivity contribution in [3.63, 3.8) is 0 Å². The van der Waals surface area contributed by atoms with Crippen LogP contribution in [0.2, 0.25) is 0 Å². The number of carbonyl (C=O) groups is 1. The normalized spacial score (nSPS) is 17.9. The molecule has 1 fully saturated rings. The number of halogens is 1. The predicted molar refractivity (Wildman–Crippen MR) is 153 cm³/mol. The van der Waals surface area contributed by atoms with Crippen molar-refractivity contribution in [3.8, 4) is 11.5 Å². The molecule has 1 aromatic heterocycles. The Morgan fingerprint density at radius 2 is 1.70 bits per heavy atom. The number of ether oxygens (including phenoxy) is 2. The van der Waals surface area contributed by atoms with Gasteiger partial charge in [0.2, 0.25) is 10.0 Å². The van der Waals surface area contributed by atoms with E-state index in [1.165, 1.54) is 23.5 Å². The van der Waals surface area contributed by atoms with Crippen molar-refractivity contribution in [3.05, 3.63) is 84.2 Å². The number of pyridine rings is 1. The average molecular weight is 590 g/mol. The topological polar surface area (TPSA) is 118 Å². The molecule has 1 aliphatic rings. The van der Waals surface area contributed by atoms with Gasteiger partial charge in [-0.1, -0.05) is 25.1 Å². The number of para-hydroxylation sites is 1. The van der Waals surface area contributed by atoms with E-state index < -0.39 is 22.0 Å². The van der Waals surface area contributed by atoms with E-state index in [1.54, 1.807) is 42.1 Å². The standard InChI is InChI=1S/C29H35N3O6S.ClH/c1-3-22-6-4-5-7-27(22)38-25-10-8-23(9-11-25)28(29(33)31-34)32(20-21-16-18-30-19-17-21)39(35,36)26-14-12-24(37-2)13-15-26;/h4-7,12-19,23,25,28,34H,3,8-11,20H2,1-2H3,(H,31,33);1H/t23-,25-,28-;/m1./s1. The Kier molecular flexibility index (Phi) is 11.3. The van der Waals surface area contributed by atoms with Crippen LogP contribution in [0.1, 0.15) is 43.7 Å². The number of amides is 1. The summed E-state index contributed by atoms with van der Waals surface area (Å²) in [4.78, 5) is 17.2. The van der Waals surface area contributed by atoms with Crippen LogP contribution in [0.25, 0.3) is 0 Å². The lowest BCUT2D eigenvalue weighted by Gasteiger charge is -2.38. The van der Waals surface area contributed by atoms with Crippen LogP contribution in [0.5, 0.6) is 11.5 Å². The number of rotatable bonds is 11. The summed E-state index contributed by atoms with van der Waals surface area (Å²) in [6.07, 6.45) is 6.39. The predicted octanol–water partition coefficient (Wildman–Crippen LogP) is 4.78. The Labute approximate surface area is 241 Å². The number of hydrogen-bond acceptors (Lipinski definition) is 7. The number of aromatic nitrogens is 1. The lowest BCUT2D eigenvalue weighted by atomic mass is 9.82. The number of aryl methyl sites for hydroxylation is 1. The van der Waals surface area contributed by atoms with Crippen molar-refractivity contribution in [1.82, 2.24) is 14.8 Å². The van der Waals surface area contributed by atoms with Crippen molar-refractivity contribution in [1.29, 1.82) is 0 Å². The van der Waals surface area contributed by atoms with Gasteiger partial charge in [-0.3, -0.25) is 15.0 Å². The maximum atomic E-state index is 14.0. The molecule has 2 aromatic carbocycles. The molecular formula is C29H36ClN3O6S. The van der Waals surface area contributed by atoms with Crippen molar-refractivity contribution < 1.29 is 27.9 Å². The number of sulfonamides is 1. The van der Waals surface area contributed by atoms with Crippen molar-refractivity contribution in [2.75, 3.05) is 7.11 Å². The van der Waals surface area contributed by atoms with Crippen LogP contribution in [0.3, 0.4) is 0 Å². The van der Waals surface area contributed by atoms with Gasteiger partial charge in [0, 0.05) is 18.9 Å². The molecule has 1 amide bonds. The van der Waals surface area contributed by atoms with E-state index in [0.717, 1.165) is 17.7 Å². The van der Waals surface area contributed by atoms with Crippen molar-refractivity contribution >= 4 is 28.3 Å². The number of methoxy groups -OCH3 is 1. The zero-order chi connectivity index (χ0) is 27.8. The number of benzene rings is 2. The SMILES string of the molecule is CCc1ccccc1O[C@H]1CC[C@H]([C@H](C(=O)NO)N(Cc2ccncc2)S(=O)(=O)c2ccc(OC)cc2)CC1.Cl. The van der Waals surface area contributed by atoms with E-state index >= 15 is 0 Å². The monoisotopic (exact) mass is 589 g/mol. The Balaban J connectivity index is 0.00000441. The zero-order valence-electron chi connectivity index (χ0n) is 22.6. The Morgan fingerprint density at radius 3 is 2.30 bits per heavy atom. The van der Waals surface area contributed by atoms with Crippen LogP contribution < -0.4 is 15.0 Å². The van der Waals surface area contributed by atoms with E-state index in [1.807, 2.05) is 24.3 Å². The molecule has 11 heteroatoms. The van der Waals surface area contributed by atoms with Crippen LogP contribution in [-0.2, 0) is 27.8 Å². The van der Waals surface area contributed by atoms with Gasteiger partial charge in [-0.2, -0.15) is 4.31 Å². The molecule has 1 atom stereocenters. The molecular weight excluding hydrogens is 554 g/mol. The Bertz CT molecular complexity index is 1330. The smallest absolute Gasteiger partial charge is 0.262 e. The highest BCUT2D eigenvalue weighted by molar-refractivity contribution is 7.89. The quantitative estimate of drug-likeness (QED) is 0.244. The van der Waals surface area contributed by atoms with Crippen LogP contribution in [0.4, 0.5) is 0 Å². The van der Waals surface area contributed by atoms with E-state index in [0.29, 0.717) is 37.0 Å². The number of nitrogens with one attached hydrogen (secondary N) is 1. The fourth-order valence-corrected chi connectivity index (χ4v) is 6.78. The second-order valence-electron chi connectivity index (χ2n) is 9.62. The summed E-state index contributed by atoms with van der Waals surface area (Å²) in [5, 5.41) is 9.69. The van der Waals surface area contributed by atoms with E-state index in [2.05, 4.69) is 11.9 Å². The zero-order valence-corrected chi connectivity index (χ0v) is 24.2. The highest BCUT2D eigenvalue weighted by atomic mass is 35.5. The van der Waals surface area contributed by atoms with Gasteiger partial charge in [-0.15, -0.1) is 12.4 Å². The molecule has 0 spiro atoms. The molecule has 1 aliphatic carbocycles. The highest BCUT2D eigenvalue weighted by Crippen LogP contribution is 2.35. The fraction of sp³-hybridized carbons (Fsp3) is 0.379. The number of carbonyl (C=O) groups excluding carboxylic acids is 1. The fourth-order valence-electron chi connectivity index (χ4n) is 5.14. The molecule has 0 radical (unpaired) electrons. The largest absolute Gasteiger partial charge is 0.497 e. The number of nitrogens with zero attached hydrogens (tertiary/aromatic N) is 2. The third-order valence-corrected chi connectivity index (χ3v) is 9.10. The van der Waals surface area contributed by atoms with Crippen LogP contribution in [0.15, 0.2) is 78.0 Å². The summed E-state index contributed by atoms with van der Waals surface area (Å²) in [5.41, 5.74) is 3.53. The third-order valence-electron chi connectivity index (χ3n) is 7.26. The first-order valence-electron chi connectivity index (χ1n) is 13.1. The first-order valence-corrected chi connectivity index (χ1v) is 14.5. The summed E-state index contributed by atoms with van der Waals surface area (Å²) in [6, 6.07) is 16.3. The minimum atomic E-state index is -4.14. The summed E-state index contributed by atoms with van der Waals surface area (Å²) in [5.74, 6) is 0.284. The molecule has 1 saturated carbocycles. The van der Waals surface area contributed by atoms with E-state index in [4.69, 9.17) is 9.47 Å². The van der Waals surface area contributed by atoms with Gasteiger partial charge < -0.3 is 9.47 Å². The molecule has 3 aromatic rings. The third kappa shape index (κ3) is 7.31. The molecule has 0 aliphatic heterocycles. The molecule has 216 valence electrons. The molecule has 4 rings (SSSR count). The van der Waals surface area contributed by atoms with Gasteiger partial charge in [0.25, 0.3) is 5.91 Å². The first kappa shape index (κ1) is 31.3. The summed E-state index contributed by atoms with van der Waals surface area (Å²) in [6.45, 7) is 2.02. The highest BCUT2D eigenvalue weighted by Gasteiger charge is 2.42. The van der Waals surface area contributed by atoms with Gasteiger partial charge in [-0.05, 0) is 91.6 Å². The Morgan fingerprint density at radius 1 is 1.05 bits per heavy atom. The second-order valence-corrected chi connectivity index (χ2v) is 11.5. The van der Waals surface area contributed by atoms with Crippen LogP contribution in [0, 0.1) is 5.92 Å². The molecule has 0 unspecified atom stereocenters. The molecule has 9 nitrogen and oxygen atoms in total.